The Labute approximate surface area is 137 Å². The summed E-state index contributed by atoms with van der Waals surface area (Å²) in [5.74, 6) is 1.40. The molecule has 1 N–H and O–H groups in total. The van der Waals surface area contributed by atoms with Gasteiger partial charge in [-0.05, 0) is 19.9 Å². The van der Waals surface area contributed by atoms with E-state index in [1.165, 1.54) is 6.39 Å². The second-order valence-corrected chi connectivity index (χ2v) is 5.68. The van der Waals surface area contributed by atoms with Crippen LogP contribution in [0.5, 0.6) is 5.75 Å². The number of rotatable bonds is 3. The van der Waals surface area contributed by atoms with E-state index in [1.54, 1.807) is 6.92 Å². The van der Waals surface area contributed by atoms with Crippen molar-refractivity contribution in [3.05, 3.63) is 53.4 Å². The number of hydrogen-bond acceptors (Lipinski definition) is 6. The number of benzene rings is 1. The number of oxazole rings is 1. The third kappa shape index (κ3) is 2.44. The maximum absolute atomic E-state index is 12.3. The second-order valence-electron chi connectivity index (χ2n) is 5.68. The van der Waals surface area contributed by atoms with Crippen LogP contribution in [-0.2, 0) is 0 Å². The molecule has 3 aromatic rings. The van der Waals surface area contributed by atoms with Gasteiger partial charge in [-0.2, -0.15) is 0 Å². The summed E-state index contributed by atoms with van der Waals surface area (Å²) in [6, 6.07) is 7.40. The summed E-state index contributed by atoms with van der Waals surface area (Å²) in [6.07, 6.45) is 1.26. The van der Waals surface area contributed by atoms with Gasteiger partial charge in [-0.15, -0.1) is 0 Å². The third-order valence-corrected chi connectivity index (χ3v) is 3.98. The molecule has 7 nitrogen and oxygen atoms in total. The van der Waals surface area contributed by atoms with E-state index in [2.05, 4.69) is 15.5 Å². The highest BCUT2D eigenvalue weighted by Gasteiger charge is 2.28. The molecule has 1 aromatic carbocycles. The average Bonchev–Trinajstić information content (AvgIpc) is 3.27. The summed E-state index contributed by atoms with van der Waals surface area (Å²) in [4.78, 5) is 16.2. The Morgan fingerprint density at radius 2 is 2.17 bits per heavy atom. The quantitative estimate of drug-likeness (QED) is 0.796. The number of ether oxygens (including phenoxy) is 1. The van der Waals surface area contributed by atoms with Crippen LogP contribution in [0.15, 0.2) is 39.6 Å². The van der Waals surface area contributed by atoms with E-state index >= 15 is 0 Å². The van der Waals surface area contributed by atoms with Crippen molar-refractivity contribution in [2.45, 2.75) is 19.9 Å². The molecule has 0 radical (unpaired) electrons. The SMILES string of the molecule is Cc1cc(-c2ccc3c(c2)OC[C@H]3NC(=O)c2ocnc2C)no1. The van der Waals surface area contributed by atoms with Crippen LogP contribution in [0.4, 0.5) is 0 Å². The Morgan fingerprint density at radius 3 is 2.88 bits per heavy atom. The smallest absolute Gasteiger partial charge is 0.289 e. The zero-order chi connectivity index (χ0) is 16.7. The highest BCUT2D eigenvalue weighted by molar-refractivity contribution is 5.92. The molecule has 24 heavy (non-hydrogen) atoms. The molecule has 0 fully saturated rings. The molecule has 0 bridgehead atoms. The highest BCUT2D eigenvalue weighted by atomic mass is 16.5. The number of aromatic nitrogens is 2. The summed E-state index contributed by atoms with van der Waals surface area (Å²) < 4.78 is 15.9. The Balaban J connectivity index is 1.56. The van der Waals surface area contributed by atoms with Crippen molar-refractivity contribution in [1.82, 2.24) is 15.5 Å². The molecule has 2 aromatic heterocycles. The van der Waals surface area contributed by atoms with Gasteiger partial charge in [0.05, 0.1) is 11.7 Å². The second kappa shape index (κ2) is 5.52. The molecule has 0 saturated carbocycles. The summed E-state index contributed by atoms with van der Waals surface area (Å²) in [7, 11) is 0. The Bertz CT molecular complexity index is 912. The van der Waals surface area contributed by atoms with Crippen molar-refractivity contribution < 1.29 is 18.5 Å². The van der Waals surface area contributed by atoms with Crippen molar-refractivity contribution in [1.29, 1.82) is 0 Å². The molecule has 4 rings (SSSR count). The number of amides is 1. The van der Waals surface area contributed by atoms with Crippen LogP contribution in [0.1, 0.15) is 33.6 Å². The van der Waals surface area contributed by atoms with E-state index in [1.807, 2.05) is 31.2 Å². The van der Waals surface area contributed by atoms with Crippen molar-refractivity contribution in [3.8, 4) is 17.0 Å². The lowest BCUT2D eigenvalue weighted by Crippen LogP contribution is -2.29. The van der Waals surface area contributed by atoms with Gasteiger partial charge in [0.15, 0.2) is 6.39 Å². The number of nitrogens with one attached hydrogen (secondary N) is 1. The van der Waals surface area contributed by atoms with Crippen LogP contribution in [0.3, 0.4) is 0 Å². The van der Waals surface area contributed by atoms with E-state index in [-0.39, 0.29) is 17.7 Å². The first kappa shape index (κ1) is 14.5. The topological polar surface area (TPSA) is 90.4 Å². The summed E-state index contributed by atoms with van der Waals surface area (Å²) >= 11 is 0. The van der Waals surface area contributed by atoms with Gasteiger partial charge in [-0.25, -0.2) is 4.98 Å². The lowest BCUT2D eigenvalue weighted by atomic mass is 10.0. The lowest BCUT2D eigenvalue weighted by molar-refractivity contribution is 0.0901. The zero-order valence-electron chi connectivity index (χ0n) is 13.2. The van der Waals surface area contributed by atoms with Crippen LogP contribution < -0.4 is 10.1 Å². The van der Waals surface area contributed by atoms with Gasteiger partial charge in [0, 0.05) is 17.2 Å². The molecule has 0 saturated heterocycles. The minimum absolute atomic E-state index is 0.221. The van der Waals surface area contributed by atoms with Gasteiger partial charge in [-0.3, -0.25) is 4.79 Å². The third-order valence-electron chi connectivity index (χ3n) is 3.98. The van der Waals surface area contributed by atoms with E-state index in [0.717, 1.165) is 28.3 Å². The van der Waals surface area contributed by atoms with Gasteiger partial charge in [0.25, 0.3) is 5.91 Å². The number of aryl methyl sites for hydroxylation is 2. The van der Waals surface area contributed by atoms with Gasteiger partial charge >= 0.3 is 0 Å². The molecule has 1 aliphatic heterocycles. The van der Waals surface area contributed by atoms with Crippen molar-refractivity contribution >= 4 is 5.91 Å². The number of carbonyl (C=O) groups excluding carboxylic acids is 1. The predicted molar refractivity (Wildman–Crippen MR) is 83.6 cm³/mol. The number of nitrogens with zero attached hydrogens (tertiary/aromatic N) is 2. The lowest BCUT2D eigenvalue weighted by Gasteiger charge is -2.10. The van der Waals surface area contributed by atoms with Crippen LogP contribution in [0.25, 0.3) is 11.3 Å². The van der Waals surface area contributed by atoms with Gasteiger partial charge in [0.2, 0.25) is 5.76 Å². The van der Waals surface area contributed by atoms with E-state index in [4.69, 9.17) is 13.7 Å². The average molecular weight is 325 g/mol. The molecular formula is C17H15N3O4. The summed E-state index contributed by atoms with van der Waals surface area (Å²) in [5, 5.41) is 6.91. The number of carbonyl (C=O) groups is 1. The molecule has 7 heteroatoms. The molecule has 1 amide bonds. The monoisotopic (exact) mass is 325 g/mol. The first-order valence-electron chi connectivity index (χ1n) is 7.53. The predicted octanol–water partition coefficient (Wildman–Crippen LogP) is 2.81. The molecule has 1 atom stereocenters. The Hall–Kier alpha value is -3.09. The van der Waals surface area contributed by atoms with Crippen LogP contribution >= 0.6 is 0 Å². The zero-order valence-corrected chi connectivity index (χ0v) is 13.2. The fraction of sp³-hybridized carbons (Fsp3) is 0.235. The Kier molecular flexibility index (Phi) is 3.34. The standard InChI is InChI=1S/C17H15N3O4/c1-9-5-13(20-24-9)11-3-4-12-14(7-22-15(12)6-11)19-17(21)16-10(2)18-8-23-16/h3-6,8,14H,7H2,1-2H3,(H,19,21)/t14-/m1/s1. The first-order valence-corrected chi connectivity index (χ1v) is 7.53. The number of fused-ring (bicyclic) bond motifs is 1. The first-order chi connectivity index (χ1) is 11.6. The molecule has 122 valence electrons. The highest BCUT2D eigenvalue weighted by Crippen LogP contribution is 2.36. The molecule has 0 aliphatic carbocycles. The largest absolute Gasteiger partial charge is 0.491 e. The van der Waals surface area contributed by atoms with Gasteiger partial charge in [-0.1, -0.05) is 17.3 Å². The maximum Gasteiger partial charge on any atom is 0.289 e. The van der Waals surface area contributed by atoms with Crippen LogP contribution in [0, 0.1) is 13.8 Å². The molecule has 1 aliphatic rings. The maximum atomic E-state index is 12.3. The van der Waals surface area contributed by atoms with Crippen molar-refractivity contribution in [3.63, 3.8) is 0 Å². The Morgan fingerprint density at radius 1 is 1.29 bits per heavy atom. The van der Waals surface area contributed by atoms with Crippen molar-refractivity contribution in [2.24, 2.45) is 0 Å². The normalized spacial score (nSPS) is 15.8. The summed E-state index contributed by atoms with van der Waals surface area (Å²) in [6.45, 7) is 3.94. The van der Waals surface area contributed by atoms with Crippen LogP contribution in [0.2, 0.25) is 0 Å². The summed E-state index contributed by atoms with van der Waals surface area (Å²) in [5.41, 5.74) is 3.14. The van der Waals surface area contributed by atoms with E-state index < -0.39 is 0 Å². The van der Waals surface area contributed by atoms with Crippen LogP contribution in [-0.4, -0.2) is 22.7 Å². The minimum Gasteiger partial charge on any atom is -0.491 e. The van der Waals surface area contributed by atoms with E-state index in [0.29, 0.717) is 12.3 Å². The van der Waals surface area contributed by atoms with E-state index in [9.17, 15) is 4.79 Å². The minimum atomic E-state index is -0.303. The van der Waals surface area contributed by atoms with Gasteiger partial charge in [0.1, 0.15) is 23.8 Å². The van der Waals surface area contributed by atoms with Crippen molar-refractivity contribution in [2.75, 3.05) is 6.61 Å². The van der Waals surface area contributed by atoms with Gasteiger partial charge < -0.3 is 19.0 Å². The fourth-order valence-corrected chi connectivity index (χ4v) is 2.73. The number of hydrogen-bond donors (Lipinski definition) is 1. The molecule has 3 heterocycles. The molecule has 0 unspecified atom stereocenters. The molecular weight excluding hydrogens is 310 g/mol. The molecule has 0 spiro atoms. The fourth-order valence-electron chi connectivity index (χ4n) is 2.73.